The summed E-state index contributed by atoms with van der Waals surface area (Å²) in [5, 5.41) is 2.96. The topological polar surface area (TPSA) is 56.8 Å². The lowest BCUT2D eigenvalue weighted by atomic mass is 10.1. The highest BCUT2D eigenvalue weighted by molar-refractivity contribution is 6.20. The van der Waals surface area contributed by atoms with Gasteiger partial charge in [-0.25, -0.2) is 0 Å². The maximum absolute atomic E-state index is 12.1. The van der Waals surface area contributed by atoms with E-state index in [0.29, 0.717) is 29.4 Å². The molecule has 0 heterocycles. The van der Waals surface area contributed by atoms with Crippen LogP contribution in [0.2, 0.25) is 0 Å². The molecule has 21 heavy (non-hydrogen) atoms. The molecule has 1 unspecified atom stereocenters. The highest BCUT2D eigenvalue weighted by Crippen LogP contribution is 2.38. The molecule has 118 valence electrons. The molecule has 1 atom stereocenters. The van der Waals surface area contributed by atoms with Crippen molar-refractivity contribution in [3.05, 3.63) is 17.7 Å². The van der Waals surface area contributed by atoms with Gasteiger partial charge in [0.1, 0.15) is 0 Å². The first-order valence-electron chi connectivity index (χ1n) is 6.75. The Balaban J connectivity index is 2.80. The minimum atomic E-state index is -0.184. The summed E-state index contributed by atoms with van der Waals surface area (Å²) in [5.41, 5.74) is 0.462. The fourth-order valence-electron chi connectivity index (χ4n) is 1.90. The Labute approximate surface area is 130 Å². The zero-order valence-electron chi connectivity index (χ0n) is 12.9. The van der Waals surface area contributed by atoms with E-state index in [9.17, 15) is 4.79 Å². The number of benzene rings is 1. The van der Waals surface area contributed by atoms with Crippen LogP contribution in [0.3, 0.4) is 0 Å². The Hall–Kier alpha value is -1.62. The molecule has 0 spiro atoms. The SMILES string of the molecule is COc1cc(C(=O)NCCCC(C)Cl)cc(OC)c1OC. The minimum Gasteiger partial charge on any atom is -0.493 e. The van der Waals surface area contributed by atoms with Gasteiger partial charge < -0.3 is 19.5 Å². The van der Waals surface area contributed by atoms with Crippen LogP contribution in [0.1, 0.15) is 30.1 Å². The number of halogens is 1. The molecule has 0 fully saturated rings. The third kappa shape index (κ3) is 5.01. The van der Waals surface area contributed by atoms with Gasteiger partial charge in [-0.2, -0.15) is 0 Å². The Morgan fingerprint density at radius 1 is 1.19 bits per heavy atom. The predicted molar refractivity (Wildman–Crippen MR) is 83.0 cm³/mol. The molecule has 0 saturated heterocycles. The third-order valence-electron chi connectivity index (χ3n) is 2.99. The van der Waals surface area contributed by atoms with Crippen LogP contribution < -0.4 is 19.5 Å². The lowest BCUT2D eigenvalue weighted by molar-refractivity contribution is 0.0952. The average molecular weight is 316 g/mol. The van der Waals surface area contributed by atoms with Gasteiger partial charge in [-0.15, -0.1) is 11.6 Å². The van der Waals surface area contributed by atoms with Gasteiger partial charge in [-0.1, -0.05) is 0 Å². The number of alkyl halides is 1. The van der Waals surface area contributed by atoms with Gasteiger partial charge in [0.2, 0.25) is 5.75 Å². The standard InChI is InChI=1S/C15H22ClNO4/c1-10(16)6-5-7-17-15(18)11-8-12(19-2)14(21-4)13(9-11)20-3/h8-10H,5-7H2,1-4H3,(H,17,18). The van der Waals surface area contributed by atoms with Crippen molar-refractivity contribution in [3.63, 3.8) is 0 Å². The molecule has 5 nitrogen and oxygen atoms in total. The first kappa shape index (κ1) is 17.4. The molecule has 0 aliphatic rings. The first-order valence-corrected chi connectivity index (χ1v) is 7.19. The number of methoxy groups -OCH3 is 3. The van der Waals surface area contributed by atoms with Crippen molar-refractivity contribution in [3.8, 4) is 17.2 Å². The highest BCUT2D eigenvalue weighted by Gasteiger charge is 2.16. The smallest absolute Gasteiger partial charge is 0.251 e. The molecule has 1 aromatic carbocycles. The Morgan fingerprint density at radius 3 is 2.19 bits per heavy atom. The molecule has 6 heteroatoms. The molecule has 0 aliphatic heterocycles. The van der Waals surface area contributed by atoms with Gasteiger partial charge in [0.05, 0.1) is 21.3 Å². The van der Waals surface area contributed by atoms with E-state index in [4.69, 9.17) is 25.8 Å². The quantitative estimate of drug-likeness (QED) is 0.592. The zero-order valence-corrected chi connectivity index (χ0v) is 13.6. The molecule has 1 N–H and O–H groups in total. The van der Waals surface area contributed by atoms with Crippen LogP contribution in [0.5, 0.6) is 17.2 Å². The van der Waals surface area contributed by atoms with Crippen molar-refractivity contribution in [2.24, 2.45) is 0 Å². The van der Waals surface area contributed by atoms with Gasteiger partial charge in [-0.05, 0) is 31.9 Å². The molecule has 1 rings (SSSR count). The number of hydrogen-bond acceptors (Lipinski definition) is 4. The van der Waals surface area contributed by atoms with E-state index >= 15 is 0 Å². The molecule has 0 radical (unpaired) electrons. The van der Waals surface area contributed by atoms with E-state index in [1.807, 2.05) is 6.92 Å². The van der Waals surface area contributed by atoms with E-state index < -0.39 is 0 Å². The fraction of sp³-hybridized carbons (Fsp3) is 0.533. The normalized spacial score (nSPS) is 11.7. The summed E-state index contributed by atoms with van der Waals surface area (Å²) in [6.45, 7) is 2.51. The van der Waals surface area contributed by atoms with Crippen molar-refractivity contribution < 1.29 is 19.0 Å². The van der Waals surface area contributed by atoms with Crippen molar-refractivity contribution in [1.82, 2.24) is 5.32 Å². The fourth-order valence-corrected chi connectivity index (χ4v) is 2.05. The summed E-state index contributed by atoms with van der Waals surface area (Å²) in [6, 6.07) is 3.25. The number of carbonyl (C=O) groups excluding carboxylic acids is 1. The molecule has 1 amide bonds. The highest BCUT2D eigenvalue weighted by atomic mass is 35.5. The molecule has 0 aliphatic carbocycles. The largest absolute Gasteiger partial charge is 0.493 e. The molecular formula is C15H22ClNO4. The second-order valence-electron chi connectivity index (χ2n) is 4.59. The summed E-state index contributed by atoms with van der Waals surface area (Å²) in [4.78, 5) is 12.1. The third-order valence-corrected chi connectivity index (χ3v) is 3.21. The summed E-state index contributed by atoms with van der Waals surface area (Å²) < 4.78 is 15.7. The van der Waals surface area contributed by atoms with E-state index in [1.165, 1.54) is 21.3 Å². The van der Waals surface area contributed by atoms with Crippen LogP contribution in [0.15, 0.2) is 12.1 Å². The van der Waals surface area contributed by atoms with Crippen LogP contribution in [0, 0.1) is 0 Å². The lowest BCUT2D eigenvalue weighted by Crippen LogP contribution is -2.24. The van der Waals surface area contributed by atoms with Crippen molar-refractivity contribution in [2.75, 3.05) is 27.9 Å². The number of ether oxygens (including phenoxy) is 3. The molecule has 0 aromatic heterocycles. The van der Waals surface area contributed by atoms with Crippen molar-refractivity contribution in [2.45, 2.75) is 25.1 Å². The Morgan fingerprint density at radius 2 is 1.76 bits per heavy atom. The lowest BCUT2D eigenvalue weighted by Gasteiger charge is -2.14. The van der Waals surface area contributed by atoms with E-state index in [0.717, 1.165) is 12.8 Å². The number of amides is 1. The number of rotatable bonds is 8. The van der Waals surface area contributed by atoms with Crippen LogP contribution >= 0.6 is 11.6 Å². The molecular weight excluding hydrogens is 294 g/mol. The summed E-state index contributed by atoms with van der Waals surface area (Å²) in [7, 11) is 4.55. The summed E-state index contributed by atoms with van der Waals surface area (Å²) in [6.07, 6.45) is 1.69. The van der Waals surface area contributed by atoms with Crippen LogP contribution in [-0.2, 0) is 0 Å². The summed E-state index contributed by atoms with van der Waals surface area (Å²) >= 11 is 5.86. The van der Waals surface area contributed by atoms with Crippen LogP contribution in [-0.4, -0.2) is 39.2 Å². The van der Waals surface area contributed by atoms with Gasteiger partial charge >= 0.3 is 0 Å². The zero-order chi connectivity index (χ0) is 15.8. The Kier molecular flexibility index (Phi) is 7.15. The van der Waals surface area contributed by atoms with E-state index in [1.54, 1.807) is 12.1 Å². The first-order chi connectivity index (χ1) is 10.0. The second kappa shape index (κ2) is 8.62. The average Bonchev–Trinajstić information content (AvgIpc) is 2.49. The van der Waals surface area contributed by atoms with Crippen LogP contribution in [0.4, 0.5) is 0 Å². The van der Waals surface area contributed by atoms with Crippen molar-refractivity contribution in [1.29, 1.82) is 0 Å². The molecule has 0 bridgehead atoms. The molecule has 1 aromatic rings. The number of carbonyl (C=O) groups is 1. The van der Waals surface area contributed by atoms with Gasteiger partial charge in [0.15, 0.2) is 11.5 Å². The van der Waals surface area contributed by atoms with E-state index in [2.05, 4.69) is 5.32 Å². The van der Waals surface area contributed by atoms with E-state index in [-0.39, 0.29) is 11.3 Å². The number of nitrogens with one attached hydrogen (secondary N) is 1. The van der Waals surface area contributed by atoms with Gasteiger partial charge in [0, 0.05) is 17.5 Å². The monoisotopic (exact) mass is 315 g/mol. The number of hydrogen-bond donors (Lipinski definition) is 1. The molecule has 0 saturated carbocycles. The second-order valence-corrected chi connectivity index (χ2v) is 5.34. The van der Waals surface area contributed by atoms with Gasteiger partial charge in [0.25, 0.3) is 5.91 Å². The maximum atomic E-state index is 12.1. The maximum Gasteiger partial charge on any atom is 0.251 e. The Bertz CT molecular complexity index is 452. The minimum absolute atomic E-state index is 0.114. The predicted octanol–water partition coefficient (Wildman–Crippen LogP) is 2.85. The van der Waals surface area contributed by atoms with Gasteiger partial charge in [-0.3, -0.25) is 4.79 Å². The van der Waals surface area contributed by atoms with Crippen LogP contribution in [0.25, 0.3) is 0 Å². The summed E-state index contributed by atoms with van der Waals surface area (Å²) in [5.74, 6) is 1.19. The van der Waals surface area contributed by atoms with Crippen molar-refractivity contribution >= 4 is 17.5 Å².